The first-order chi connectivity index (χ1) is 4.88. The quantitative estimate of drug-likeness (QED) is 0.536. The summed E-state index contributed by atoms with van der Waals surface area (Å²) in [7, 11) is 1.96. The monoisotopic (exact) mass is 133 g/mol. The van der Waals surface area contributed by atoms with Gasteiger partial charge in [-0.2, -0.15) is 5.10 Å². The van der Waals surface area contributed by atoms with E-state index < -0.39 is 0 Å². The molecule has 0 unspecified atom stereocenters. The molecule has 2 rings (SSSR count). The molecule has 0 spiro atoms. The summed E-state index contributed by atoms with van der Waals surface area (Å²) in [6, 6.07) is 3.96. The predicted molar refractivity (Wildman–Crippen MR) is 38.5 cm³/mol. The fraction of sp³-hybridized carbons (Fsp3) is 0.143. The Morgan fingerprint density at radius 3 is 3.10 bits per heavy atom. The molecule has 0 aliphatic heterocycles. The Labute approximate surface area is 58.3 Å². The molecule has 10 heavy (non-hydrogen) atoms. The van der Waals surface area contributed by atoms with Gasteiger partial charge in [-0.25, -0.2) is 0 Å². The predicted octanol–water partition coefficient (Wildman–Crippen LogP) is 0.968. The fourth-order valence-corrected chi connectivity index (χ4v) is 1.00. The van der Waals surface area contributed by atoms with E-state index >= 15 is 0 Å². The van der Waals surface area contributed by atoms with Crippen molar-refractivity contribution >= 4 is 11.0 Å². The maximum atomic E-state index is 3.95. The minimum atomic E-state index is 0.933. The molecule has 3 nitrogen and oxygen atoms in total. The summed E-state index contributed by atoms with van der Waals surface area (Å²) < 4.78 is 1.95. The zero-order valence-corrected chi connectivity index (χ0v) is 5.65. The lowest BCUT2D eigenvalue weighted by Crippen LogP contribution is -1.88. The fourth-order valence-electron chi connectivity index (χ4n) is 1.00. The number of hydrogen-bond acceptors (Lipinski definition) is 2. The number of aromatic nitrogens is 3. The zero-order chi connectivity index (χ0) is 6.97. The van der Waals surface area contributed by atoms with E-state index in [1.54, 1.807) is 6.20 Å². The molecule has 50 valence electrons. The molecule has 3 heteroatoms. The first-order valence-electron chi connectivity index (χ1n) is 3.10. The number of rotatable bonds is 0. The summed E-state index contributed by atoms with van der Waals surface area (Å²) in [6.45, 7) is 0. The number of fused-ring (bicyclic) bond motifs is 1. The Bertz CT molecular complexity index is 350. The third-order valence-corrected chi connectivity index (χ3v) is 1.54. The van der Waals surface area contributed by atoms with Crippen LogP contribution in [0.4, 0.5) is 0 Å². The van der Waals surface area contributed by atoms with Gasteiger partial charge in [-0.1, -0.05) is 0 Å². The van der Waals surface area contributed by atoms with Crippen LogP contribution in [0.15, 0.2) is 24.5 Å². The molecule has 2 aromatic heterocycles. The van der Waals surface area contributed by atoms with Crippen molar-refractivity contribution in [2.24, 2.45) is 7.05 Å². The van der Waals surface area contributed by atoms with E-state index in [1.165, 1.54) is 0 Å². The van der Waals surface area contributed by atoms with Gasteiger partial charge in [0, 0.05) is 18.6 Å². The minimum absolute atomic E-state index is 0.933. The van der Waals surface area contributed by atoms with E-state index in [0.29, 0.717) is 0 Å². The number of nitrogens with zero attached hydrogens (tertiary/aromatic N) is 3. The lowest BCUT2D eigenvalue weighted by atomic mass is 10.4. The van der Waals surface area contributed by atoms with Crippen LogP contribution >= 0.6 is 0 Å². The lowest BCUT2D eigenvalue weighted by molar-refractivity contribution is 0.917. The molecule has 0 amide bonds. The van der Waals surface area contributed by atoms with E-state index in [9.17, 15) is 0 Å². The minimum Gasteiger partial charge on any atom is -0.334 e. The smallest absolute Gasteiger partial charge is 0.162 e. The lowest BCUT2D eigenvalue weighted by Gasteiger charge is -1.89. The number of aryl methyl sites for hydroxylation is 1. The van der Waals surface area contributed by atoms with Crippen molar-refractivity contribution < 1.29 is 0 Å². The molecule has 0 fully saturated rings. The van der Waals surface area contributed by atoms with Crippen molar-refractivity contribution in [3.05, 3.63) is 24.5 Å². The van der Waals surface area contributed by atoms with Gasteiger partial charge in [0.05, 0.1) is 6.20 Å². The molecular formula is C7H7N3. The molecule has 2 aromatic rings. The van der Waals surface area contributed by atoms with Crippen LogP contribution in [-0.4, -0.2) is 14.8 Å². The van der Waals surface area contributed by atoms with Gasteiger partial charge in [-0.3, -0.25) is 0 Å². The first kappa shape index (κ1) is 5.41. The molecule has 0 saturated carbocycles. The van der Waals surface area contributed by atoms with Crippen molar-refractivity contribution in [1.82, 2.24) is 14.8 Å². The Hall–Kier alpha value is -1.38. The Morgan fingerprint density at radius 2 is 2.30 bits per heavy atom. The topological polar surface area (TPSA) is 30.7 Å². The highest BCUT2D eigenvalue weighted by molar-refractivity contribution is 5.74. The molecule has 0 N–H and O–H groups in total. The maximum Gasteiger partial charge on any atom is 0.162 e. The van der Waals surface area contributed by atoms with Crippen molar-refractivity contribution in [2.75, 3.05) is 0 Å². The third kappa shape index (κ3) is 0.603. The normalized spacial score (nSPS) is 10.5. The average Bonchev–Trinajstić information content (AvgIpc) is 2.34. The maximum absolute atomic E-state index is 3.95. The van der Waals surface area contributed by atoms with Crippen LogP contribution < -0.4 is 0 Å². The largest absolute Gasteiger partial charge is 0.334 e. The average molecular weight is 133 g/mol. The van der Waals surface area contributed by atoms with Gasteiger partial charge < -0.3 is 4.57 Å². The van der Waals surface area contributed by atoms with E-state index in [0.717, 1.165) is 11.0 Å². The summed E-state index contributed by atoms with van der Waals surface area (Å²) in [5.41, 5.74) is 0.933. The summed E-state index contributed by atoms with van der Waals surface area (Å²) >= 11 is 0. The summed E-state index contributed by atoms with van der Waals surface area (Å²) in [5.74, 6) is 0. The van der Waals surface area contributed by atoms with Crippen LogP contribution in [0.5, 0.6) is 0 Å². The Kier molecular flexibility index (Phi) is 0.974. The number of hydrogen-bond donors (Lipinski definition) is 0. The van der Waals surface area contributed by atoms with Crippen LogP contribution in [0, 0.1) is 0 Å². The SMILES string of the molecule is Cn1ccc2ccnnc21. The van der Waals surface area contributed by atoms with E-state index in [2.05, 4.69) is 10.2 Å². The second-order valence-corrected chi connectivity index (χ2v) is 2.24. The summed E-state index contributed by atoms with van der Waals surface area (Å²) in [6.07, 6.45) is 3.67. The van der Waals surface area contributed by atoms with Gasteiger partial charge >= 0.3 is 0 Å². The molecule has 0 saturated heterocycles. The van der Waals surface area contributed by atoms with Gasteiger partial charge in [-0.15, -0.1) is 5.10 Å². The van der Waals surface area contributed by atoms with Gasteiger partial charge in [-0.05, 0) is 12.1 Å². The molecule has 0 aromatic carbocycles. The van der Waals surface area contributed by atoms with Crippen molar-refractivity contribution in [1.29, 1.82) is 0 Å². The van der Waals surface area contributed by atoms with E-state index in [4.69, 9.17) is 0 Å². The van der Waals surface area contributed by atoms with Gasteiger partial charge in [0.25, 0.3) is 0 Å². The highest BCUT2D eigenvalue weighted by Crippen LogP contribution is 2.08. The molecule has 0 bridgehead atoms. The first-order valence-corrected chi connectivity index (χ1v) is 3.10. The van der Waals surface area contributed by atoms with Crippen LogP contribution in [0.3, 0.4) is 0 Å². The van der Waals surface area contributed by atoms with E-state index in [-0.39, 0.29) is 0 Å². The van der Waals surface area contributed by atoms with Crippen LogP contribution in [0.2, 0.25) is 0 Å². The van der Waals surface area contributed by atoms with Crippen LogP contribution in [-0.2, 0) is 7.05 Å². The molecule has 0 aliphatic rings. The summed E-state index contributed by atoms with van der Waals surface area (Å²) in [5, 5.41) is 8.87. The molecule has 2 heterocycles. The molecule has 0 radical (unpaired) electrons. The van der Waals surface area contributed by atoms with Crippen LogP contribution in [0.1, 0.15) is 0 Å². The standard InChI is InChI=1S/C7H7N3/c1-10-5-3-6-2-4-8-9-7(6)10/h2-5H,1H3. The highest BCUT2D eigenvalue weighted by Gasteiger charge is 1.95. The van der Waals surface area contributed by atoms with Crippen molar-refractivity contribution in [3.63, 3.8) is 0 Å². The van der Waals surface area contributed by atoms with E-state index in [1.807, 2.05) is 29.9 Å². The van der Waals surface area contributed by atoms with Gasteiger partial charge in [0.2, 0.25) is 0 Å². The molecule has 0 aliphatic carbocycles. The second-order valence-electron chi connectivity index (χ2n) is 2.24. The Balaban J connectivity index is 2.93. The van der Waals surface area contributed by atoms with Crippen LogP contribution in [0.25, 0.3) is 11.0 Å². The van der Waals surface area contributed by atoms with Crippen molar-refractivity contribution in [3.8, 4) is 0 Å². The molecule has 0 atom stereocenters. The Morgan fingerprint density at radius 1 is 1.40 bits per heavy atom. The van der Waals surface area contributed by atoms with Crippen molar-refractivity contribution in [2.45, 2.75) is 0 Å². The molecular weight excluding hydrogens is 126 g/mol. The second kappa shape index (κ2) is 1.80. The zero-order valence-electron chi connectivity index (χ0n) is 5.65. The summed E-state index contributed by atoms with van der Waals surface area (Å²) in [4.78, 5) is 0. The van der Waals surface area contributed by atoms with Gasteiger partial charge in [0.15, 0.2) is 5.65 Å². The van der Waals surface area contributed by atoms with Gasteiger partial charge in [0.1, 0.15) is 0 Å². The third-order valence-electron chi connectivity index (χ3n) is 1.54. The highest BCUT2D eigenvalue weighted by atomic mass is 15.2.